The third-order valence-electron chi connectivity index (χ3n) is 3.95. The van der Waals surface area contributed by atoms with Crippen LogP contribution in [0, 0.1) is 0 Å². The summed E-state index contributed by atoms with van der Waals surface area (Å²) in [7, 11) is 0. The molecule has 6 heteroatoms. The maximum Gasteiger partial charge on any atom is 0.272 e. The Morgan fingerprint density at radius 2 is 2.23 bits per heavy atom. The Kier molecular flexibility index (Phi) is 4.50. The number of carbonyl (C=O) groups is 1. The van der Waals surface area contributed by atoms with Gasteiger partial charge in [0.1, 0.15) is 5.69 Å². The van der Waals surface area contributed by atoms with Crippen molar-refractivity contribution in [1.82, 2.24) is 20.8 Å². The molecular formula is C16H21N5O. The smallest absolute Gasteiger partial charge is 0.272 e. The number of nitrogens with zero attached hydrogens (tertiary/aromatic N) is 1. The molecule has 1 aliphatic heterocycles. The van der Waals surface area contributed by atoms with Crippen molar-refractivity contribution in [3.63, 3.8) is 0 Å². The van der Waals surface area contributed by atoms with Gasteiger partial charge in [0.05, 0.1) is 5.69 Å². The van der Waals surface area contributed by atoms with Crippen LogP contribution in [0.4, 0.5) is 0 Å². The predicted molar refractivity (Wildman–Crippen MR) is 84.1 cm³/mol. The molecule has 116 valence electrons. The topological polar surface area (TPSA) is 95.8 Å². The lowest BCUT2D eigenvalue weighted by Crippen LogP contribution is -2.23. The number of aromatic amines is 1. The summed E-state index contributed by atoms with van der Waals surface area (Å²) in [6.45, 7) is 1.98. The Labute approximate surface area is 129 Å². The summed E-state index contributed by atoms with van der Waals surface area (Å²) in [5.74, 6) is -0.168. The Morgan fingerprint density at radius 1 is 1.36 bits per heavy atom. The molecule has 5 N–H and O–H groups in total. The van der Waals surface area contributed by atoms with Crippen molar-refractivity contribution in [2.75, 3.05) is 6.54 Å². The van der Waals surface area contributed by atoms with E-state index >= 15 is 0 Å². The molecule has 0 radical (unpaired) electrons. The van der Waals surface area contributed by atoms with Crippen LogP contribution in [0.25, 0.3) is 0 Å². The van der Waals surface area contributed by atoms with Crippen LogP contribution < -0.4 is 16.4 Å². The maximum absolute atomic E-state index is 12.2. The Bertz CT molecular complexity index is 645. The Balaban J connectivity index is 1.59. The largest absolute Gasteiger partial charge is 0.347 e. The second-order valence-corrected chi connectivity index (χ2v) is 5.56. The number of H-pyrrole nitrogens is 1. The molecule has 1 atom stereocenters. The fourth-order valence-corrected chi connectivity index (χ4v) is 2.72. The molecular weight excluding hydrogens is 278 g/mol. The zero-order valence-electron chi connectivity index (χ0n) is 12.4. The molecule has 3 rings (SSSR count). The zero-order chi connectivity index (χ0) is 15.4. The van der Waals surface area contributed by atoms with Crippen molar-refractivity contribution in [3.8, 4) is 0 Å². The number of amides is 1. The van der Waals surface area contributed by atoms with Crippen LogP contribution in [-0.4, -0.2) is 22.6 Å². The first-order valence-electron chi connectivity index (χ1n) is 7.61. The Morgan fingerprint density at radius 3 is 3.00 bits per heavy atom. The highest BCUT2D eigenvalue weighted by Gasteiger charge is 2.20. The first kappa shape index (κ1) is 14.7. The minimum absolute atomic E-state index is 0.168. The van der Waals surface area contributed by atoms with E-state index in [0.29, 0.717) is 18.8 Å². The summed E-state index contributed by atoms with van der Waals surface area (Å²) < 4.78 is 0. The number of nitrogens with one attached hydrogen (secondary N) is 3. The molecule has 0 bridgehead atoms. The van der Waals surface area contributed by atoms with Gasteiger partial charge in [0.15, 0.2) is 0 Å². The van der Waals surface area contributed by atoms with Gasteiger partial charge < -0.3 is 16.4 Å². The molecule has 1 saturated heterocycles. The van der Waals surface area contributed by atoms with Gasteiger partial charge in [0, 0.05) is 19.1 Å². The monoisotopic (exact) mass is 299 g/mol. The number of nitrogens with two attached hydrogens (primary N) is 1. The quantitative estimate of drug-likeness (QED) is 0.667. The van der Waals surface area contributed by atoms with Gasteiger partial charge >= 0.3 is 0 Å². The number of hydrogen-bond acceptors (Lipinski definition) is 4. The number of carbonyl (C=O) groups excluding carboxylic acids is 1. The third kappa shape index (κ3) is 3.35. The molecule has 1 unspecified atom stereocenters. The first-order chi connectivity index (χ1) is 10.8. The predicted octanol–water partition coefficient (Wildman–Crippen LogP) is 1.22. The van der Waals surface area contributed by atoms with E-state index < -0.39 is 0 Å². The Hall–Kier alpha value is -2.18. The number of hydrogen-bond donors (Lipinski definition) is 4. The summed E-state index contributed by atoms with van der Waals surface area (Å²) >= 11 is 0. The summed E-state index contributed by atoms with van der Waals surface area (Å²) in [5.41, 5.74) is 9.12. The van der Waals surface area contributed by atoms with Gasteiger partial charge in [-0.3, -0.25) is 9.89 Å². The minimum atomic E-state index is -0.168. The minimum Gasteiger partial charge on any atom is -0.347 e. The molecule has 2 aromatic rings. The van der Waals surface area contributed by atoms with Crippen LogP contribution in [0.5, 0.6) is 0 Å². The van der Waals surface area contributed by atoms with E-state index in [1.807, 2.05) is 30.3 Å². The van der Waals surface area contributed by atoms with Gasteiger partial charge in [0.25, 0.3) is 5.91 Å². The van der Waals surface area contributed by atoms with Gasteiger partial charge in [-0.25, -0.2) is 0 Å². The molecule has 0 saturated carbocycles. The van der Waals surface area contributed by atoms with Crippen LogP contribution >= 0.6 is 0 Å². The van der Waals surface area contributed by atoms with Crippen molar-refractivity contribution in [2.45, 2.75) is 32.0 Å². The van der Waals surface area contributed by atoms with E-state index in [4.69, 9.17) is 5.73 Å². The van der Waals surface area contributed by atoms with E-state index in [-0.39, 0.29) is 11.9 Å². The lowest BCUT2D eigenvalue weighted by Gasteiger charge is -2.06. The highest BCUT2D eigenvalue weighted by atomic mass is 16.1. The van der Waals surface area contributed by atoms with Gasteiger partial charge in [-0.15, -0.1) is 0 Å². The van der Waals surface area contributed by atoms with Crippen LogP contribution in [-0.2, 0) is 13.1 Å². The van der Waals surface area contributed by atoms with E-state index in [1.54, 1.807) is 0 Å². The van der Waals surface area contributed by atoms with Crippen LogP contribution in [0.2, 0.25) is 0 Å². The van der Waals surface area contributed by atoms with Gasteiger partial charge in [-0.1, -0.05) is 24.3 Å². The van der Waals surface area contributed by atoms with Gasteiger partial charge in [-0.2, -0.15) is 5.10 Å². The molecule has 1 aliphatic rings. The summed E-state index contributed by atoms with van der Waals surface area (Å²) in [4.78, 5) is 12.2. The van der Waals surface area contributed by atoms with Crippen molar-refractivity contribution in [1.29, 1.82) is 0 Å². The van der Waals surface area contributed by atoms with Gasteiger partial charge in [-0.05, 0) is 36.6 Å². The SMILES string of the molecule is NCc1cccc(CNC(=O)c2cc(C3CCCN3)[nH]n2)c1. The standard InChI is InChI=1S/C16H21N5O/c17-9-11-3-1-4-12(7-11)10-19-16(22)15-8-14(20-21-15)13-5-2-6-18-13/h1,3-4,7-8,13,18H,2,5-6,9-10,17H2,(H,19,22)(H,20,21). The average molecular weight is 299 g/mol. The summed E-state index contributed by atoms with van der Waals surface area (Å²) in [5, 5.41) is 13.3. The number of benzene rings is 1. The van der Waals surface area contributed by atoms with E-state index in [2.05, 4.69) is 20.8 Å². The number of aromatic nitrogens is 2. The molecule has 0 spiro atoms. The molecule has 22 heavy (non-hydrogen) atoms. The van der Waals surface area contributed by atoms with Crippen LogP contribution in [0.3, 0.4) is 0 Å². The van der Waals surface area contributed by atoms with E-state index in [0.717, 1.165) is 36.2 Å². The lowest BCUT2D eigenvalue weighted by atomic mass is 10.1. The van der Waals surface area contributed by atoms with E-state index in [1.165, 1.54) is 0 Å². The van der Waals surface area contributed by atoms with Crippen molar-refractivity contribution in [2.24, 2.45) is 5.73 Å². The lowest BCUT2D eigenvalue weighted by molar-refractivity contribution is 0.0946. The third-order valence-corrected chi connectivity index (χ3v) is 3.95. The second-order valence-electron chi connectivity index (χ2n) is 5.56. The van der Waals surface area contributed by atoms with Crippen molar-refractivity contribution >= 4 is 5.91 Å². The summed E-state index contributed by atoms with van der Waals surface area (Å²) in [6, 6.07) is 10.0. The summed E-state index contributed by atoms with van der Waals surface area (Å²) in [6.07, 6.45) is 2.23. The zero-order valence-corrected chi connectivity index (χ0v) is 12.4. The highest BCUT2D eigenvalue weighted by molar-refractivity contribution is 5.92. The highest BCUT2D eigenvalue weighted by Crippen LogP contribution is 2.21. The molecule has 1 fully saturated rings. The number of rotatable bonds is 5. The molecule has 1 amide bonds. The second kappa shape index (κ2) is 6.72. The van der Waals surface area contributed by atoms with Gasteiger partial charge in [0.2, 0.25) is 0 Å². The normalized spacial score (nSPS) is 17.6. The van der Waals surface area contributed by atoms with Crippen molar-refractivity contribution in [3.05, 3.63) is 52.8 Å². The van der Waals surface area contributed by atoms with Crippen LogP contribution in [0.1, 0.15) is 46.2 Å². The maximum atomic E-state index is 12.2. The fraction of sp³-hybridized carbons (Fsp3) is 0.375. The fourth-order valence-electron chi connectivity index (χ4n) is 2.72. The van der Waals surface area contributed by atoms with E-state index in [9.17, 15) is 4.79 Å². The molecule has 1 aromatic carbocycles. The van der Waals surface area contributed by atoms with Crippen molar-refractivity contribution < 1.29 is 4.79 Å². The first-order valence-corrected chi connectivity index (χ1v) is 7.61. The molecule has 0 aliphatic carbocycles. The molecule has 1 aromatic heterocycles. The molecule has 6 nitrogen and oxygen atoms in total. The average Bonchev–Trinajstić information content (AvgIpc) is 3.23. The van der Waals surface area contributed by atoms with Crippen LogP contribution in [0.15, 0.2) is 30.3 Å². The molecule has 2 heterocycles.